The summed E-state index contributed by atoms with van der Waals surface area (Å²) in [6.07, 6.45) is -5.34. The molecule has 1 aromatic rings. The van der Waals surface area contributed by atoms with E-state index in [4.69, 9.17) is 0 Å². The Morgan fingerprint density at radius 2 is 1.88 bits per heavy atom. The molecular formula is C15H19F4NO3S. The van der Waals surface area contributed by atoms with Gasteiger partial charge in [0.05, 0.1) is 40.9 Å². The second kappa shape index (κ2) is 7.60. The number of carbonyl (C=O) groups excluding carboxylic acids is 1. The van der Waals surface area contributed by atoms with Gasteiger partial charge in [0.2, 0.25) is 0 Å². The molecule has 0 unspecified atom stereocenters. The molecule has 2 atom stereocenters. The zero-order valence-electron chi connectivity index (χ0n) is 13.7. The lowest BCUT2D eigenvalue weighted by atomic mass is 10.0. The standard InChI is InChI=1S/C15H19F4NO3S/c1-14(2,3)24(22)20-11(8-12(21)23-4)9-6-5-7-10(13(9)16)15(17,18)19/h5-7,11,20H,8H2,1-4H3/t11-,24+/m0/s1. The monoisotopic (exact) mass is 369 g/mol. The number of ether oxygens (including phenoxy) is 1. The van der Waals surface area contributed by atoms with E-state index in [2.05, 4.69) is 9.46 Å². The van der Waals surface area contributed by atoms with Crippen LogP contribution in [0.1, 0.15) is 44.4 Å². The quantitative estimate of drug-likeness (QED) is 0.638. The number of hydrogen-bond acceptors (Lipinski definition) is 3. The Balaban J connectivity index is 3.30. The fourth-order valence-electron chi connectivity index (χ4n) is 1.81. The lowest BCUT2D eigenvalue weighted by Gasteiger charge is -2.25. The molecule has 9 heteroatoms. The molecule has 1 aromatic carbocycles. The first-order chi connectivity index (χ1) is 10.9. The minimum Gasteiger partial charge on any atom is -0.469 e. The summed E-state index contributed by atoms with van der Waals surface area (Å²) in [4.78, 5) is 11.5. The Labute approximate surface area is 140 Å². The van der Waals surface area contributed by atoms with E-state index >= 15 is 0 Å². The molecule has 1 rings (SSSR count). The fourth-order valence-corrected chi connectivity index (χ4v) is 2.63. The number of halogens is 4. The fraction of sp³-hybridized carbons (Fsp3) is 0.533. The molecule has 24 heavy (non-hydrogen) atoms. The molecule has 0 aliphatic carbocycles. The van der Waals surface area contributed by atoms with Crippen LogP contribution in [0.15, 0.2) is 18.2 Å². The van der Waals surface area contributed by atoms with Gasteiger partial charge in [-0.2, -0.15) is 13.2 Å². The van der Waals surface area contributed by atoms with Crippen molar-refractivity contribution in [2.75, 3.05) is 7.11 Å². The highest BCUT2D eigenvalue weighted by atomic mass is 32.2. The van der Waals surface area contributed by atoms with Crippen LogP contribution in [-0.2, 0) is 26.7 Å². The summed E-state index contributed by atoms with van der Waals surface area (Å²) in [5.74, 6) is -2.27. The van der Waals surface area contributed by atoms with Crippen molar-refractivity contribution in [3.8, 4) is 0 Å². The summed E-state index contributed by atoms with van der Waals surface area (Å²) >= 11 is 0. The van der Waals surface area contributed by atoms with Gasteiger partial charge in [-0.25, -0.2) is 13.3 Å². The summed E-state index contributed by atoms with van der Waals surface area (Å²) in [6, 6.07) is 1.53. The maximum absolute atomic E-state index is 14.3. The maximum atomic E-state index is 14.3. The predicted octanol–water partition coefficient (Wildman–Crippen LogP) is 3.50. The third-order valence-electron chi connectivity index (χ3n) is 3.11. The minimum absolute atomic E-state index is 0.396. The van der Waals surface area contributed by atoms with Crippen molar-refractivity contribution in [2.24, 2.45) is 0 Å². The largest absolute Gasteiger partial charge is 0.469 e. The van der Waals surface area contributed by atoms with Crippen molar-refractivity contribution in [3.05, 3.63) is 35.1 Å². The van der Waals surface area contributed by atoms with Gasteiger partial charge in [0.25, 0.3) is 0 Å². The average molecular weight is 369 g/mol. The highest BCUT2D eigenvalue weighted by Crippen LogP contribution is 2.34. The second-order valence-corrected chi connectivity index (χ2v) is 8.04. The van der Waals surface area contributed by atoms with Gasteiger partial charge in [-0.3, -0.25) is 4.79 Å². The molecular weight excluding hydrogens is 350 g/mol. The van der Waals surface area contributed by atoms with Gasteiger partial charge in [-0.05, 0) is 26.8 Å². The molecule has 0 radical (unpaired) electrons. The first kappa shape index (κ1) is 20.6. The van der Waals surface area contributed by atoms with E-state index in [1.165, 1.54) is 0 Å². The molecule has 0 fully saturated rings. The Morgan fingerprint density at radius 1 is 1.29 bits per heavy atom. The first-order valence-electron chi connectivity index (χ1n) is 6.98. The van der Waals surface area contributed by atoms with Crippen LogP contribution in [0.25, 0.3) is 0 Å². The Bertz CT molecular complexity index is 626. The number of nitrogens with one attached hydrogen (secondary N) is 1. The predicted molar refractivity (Wildman–Crippen MR) is 81.8 cm³/mol. The highest BCUT2D eigenvalue weighted by Gasteiger charge is 2.36. The van der Waals surface area contributed by atoms with Crippen LogP contribution in [0.5, 0.6) is 0 Å². The van der Waals surface area contributed by atoms with Crippen molar-refractivity contribution >= 4 is 17.0 Å². The van der Waals surface area contributed by atoms with E-state index in [1.54, 1.807) is 20.8 Å². The van der Waals surface area contributed by atoms with Gasteiger partial charge in [-0.1, -0.05) is 12.1 Å². The third-order valence-corrected chi connectivity index (χ3v) is 4.72. The van der Waals surface area contributed by atoms with Crippen LogP contribution in [0.2, 0.25) is 0 Å². The Morgan fingerprint density at radius 3 is 2.33 bits per heavy atom. The second-order valence-electron chi connectivity index (χ2n) is 6.04. The van der Waals surface area contributed by atoms with E-state index in [1.807, 2.05) is 0 Å². The molecule has 0 aromatic heterocycles. The normalized spacial score (nSPS) is 15.0. The van der Waals surface area contributed by atoms with Crippen molar-refractivity contribution in [2.45, 2.75) is 44.2 Å². The SMILES string of the molecule is COC(=O)C[C@H](N[S@](=O)C(C)(C)C)c1cccc(C(F)(F)F)c1F. The van der Waals surface area contributed by atoms with Crippen molar-refractivity contribution < 1.29 is 31.3 Å². The lowest BCUT2D eigenvalue weighted by Crippen LogP contribution is -2.37. The van der Waals surface area contributed by atoms with E-state index in [9.17, 15) is 26.6 Å². The summed E-state index contributed by atoms with van der Waals surface area (Å²) in [5, 5.41) is 0. The van der Waals surface area contributed by atoms with E-state index < -0.39 is 57.3 Å². The summed E-state index contributed by atoms with van der Waals surface area (Å²) in [5.41, 5.74) is -1.84. The topological polar surface area (TPSA) is 55.4 Å². The van der Waals surface area contributed by atoms with Crippen molar-refractivity contribution in [1.82, 2.24) is 4.72 Å². The molecule has 0 saturated carbocycles. The Hall–Kier alpha value is -1.48. The molecule has 1 N–H and O–H groups in total. The first-order valence-corrected chi connectivity index (χ1v) is 8.13. The van der Waals surface area contributed by atoms with Crippen LogP contribution in [0.4, 0.5) is 17.6 Å². The zero-order valence-corrected chi connectivity index (χ0v) is 14.5. The number of benzene rings is 1. The van der Waals surface area contributed by atoms with Crippen molar-refractivity contribution in [1.29, 1.82) is 0 Å². The van der Waals surface area contributed by atoms with Gasteiger partial charge in [0.1, 0.15) is 5.82 Å². The van der Waals surface area contributed by atoms with Crippen LogP contribution in [0.3, 0.4) is 0 Å². The van der Waals surface area contributed by atoms with Gasteiger partial charge in [0, 0.05) is 5.56 Å². The summed E-state index contributed by atoms with van der Waals surface area (Å²) < 4.78 is 71.4. The van der Waals surface area contributed by atoms with Gasteiger partial charge in [-0.15, -0.1) is 0 Å². The van der Waals surface area contributed by atoms with E-state index in [0.717, 1.165) is 19.2 Å². The number of methoxy groups -OCH3 is 1. The van der Waals surface area contributed by atoms with Gasteiger partial charge in [0.15, 0.2) is 0 Å². The van der Waals surface area contributed by atoms with Crippen LogP contribution < -0.4 is 4.72 Å². The summed E-state index contributed by atoms with van der Waals surface area (Å²) in [7, 11) is -0.628. The smallest absolute Gasteiger partial charge is 0.419 e. The molecule has 136 valence electrons. The zero-order chi connectivity index (χ0) is 18.7. The number of hydrogen-bond donors (Lipinski definition) is 1. The van der Waals surface area contributed by atoms with E-state index in [-0.39, 0.29) is 0 Å². The molecule has 0 aliphatic rings. The molecule has 0 amide bonds. The number of esters is 1. The van der Waals surface area contributed by atoms with Crippen LogP contribution in [0, 0.1) is 5.82 Å². The molecule has 4 nitrogen and oxygen atoms in total. The van der Waals surface area contributed by atoms with Gasteiger partial charge < -0.3 is 4.74 Å². The molecule has 0 aliphatic heterocycles. The number of alkyl halides is 3. The number of rotatable bonds is 5. The molecule has 0 saturated heterocycles. The van der Waals surface area contributed by atoms with Crippen LogP contribution in [-0.4, -0.2) is 22.0 Å². The summed E-state index contributed by atoms with van der Waals surface area (Å²) in [6.45, 7) is 4.90. The van der Waals surface area contributed by atoms with Crippen LogP contribution >= 0.6 is 0 Å². The molecule has 0 heterocycles. The molecule has 0 spiro atoms. The highest BCUT2D eigenvalue weighted by molar-refractivity contribution is 7.84. The lowest BCUT2D eigenvalue weighted by molar-refractivity contribution is -0.141. The number of carbonyl (C=O) groups is 1. The Kier molecular flexibility index (Phi) is 6.52. The minimum atomic E-state index is -4.88. The van der Waals surface area contributed by atoms with Gasteiger partial charge >= 0.3 is 12.1 Å². The van der Waals surface area contributed by atoms with Crippen molar-refractivity contribution in [3.63, 3.8) is 0 Å². The average Bonchev–Trinajstić information content (AvgIpc) is 2.44. The third kappa shape index (κ3) is 5.27. The maximum Gasteiger partial charge on any atom is 0.419 e. The molecule has 0 bridgehead atoms. The van der Waals surface area contributed by atoms with E-state index in [0.29, 0.717) is 6.07 Å².